The first kappa shape index (κ1) is 13.5. The van der Waals surface area contributed by atoms with E-state index in [4.69, 9.17) is 15.8 Å². The van der Waals surface area contributed by atoms with Gasteiger partial charge in [0.15, 0.2) is 5.57 Å². The summed E-state index contributed by atoms with van der Waals surface area (Å²) in [5.41, 5.74) is 1.28. The Balaban J connectivity index is 2.40. The lowest BCUT2D eigenvalue weighted by atomic mass is 10.2. The van der Waals surface area contributed by atoms with Crippen molar-refractivity contribution < 1.29 is 0 Å². The van der Waals surface area contributed by atoms with Gasteiger partial charge in [-0.1, -0.05) is 6.92 Å². The first-order valence-corrected chi connectivity index (χ1v) is 6.64. The van der Waals surface area contributed by atoms with Crippen molar-refractivity contribution in [1.29, 1.82) is 15.8 Å². The van der Waals surface area contributed by atoms with Gasteiger partial charge in [-0.05, 0) is 24.6 Å². The molecule has 1 N–H and O–H groups in total. The molecule has 0 aliphatic rings. The lowest BCUT2D eigenvalue weighted by Crippen LogP contribution is -2.00. The summed E-state index contributed by atoms with van der Waals surface area (Å²) < 4.78 is 1.000. The smallest absolute Gasteiger partial charge is 0.163 e. The fourth-order valence-electron chi connectivity index (χ4n) is 1.63. The van der Waals surface area contributed by atoms with Gasteiger partial charge < -0.3 is 5.32 Å². The van der Waals surface area contributed by atoms with Crippen LogP contribution >= 0.6 is 11.3 Å². The maximum Gasteiger partial charge on any atom is 0.163 e. The van der Waals surface area contributed by atoms with Crippen molar-refractivity contribution in [3.8, 4) is 18.2 Å². The van der Waals surface area contributed by atoms with Crippen LogP contribution in [0, 0.1) is 34.0 Å². The van der Waals surface area contributed by atoms with Gasteiger partial charge in [0.2, 0.25) is 0 Å². The predicted molar refractivity (Wildman–Crippen MR) is 76.5 cm³/mol. The maximum absolute atomic E-state index is 8.99. The molecule has 0 aliphatic heterocycles. The number of nitrogens with zero attached hydrogens (tertiary/aromatic N) is 4. The SMILES string of the molecule is CCc1nc2ccc(NC(C#N)=C(C#N)C#N)cc2s1. The van der Waals surface area contributed by atoms with Gasteiger partial charge in [0.1, 0.15) is 23.9 Å². The number of allylic oxidation sites excluding steroid dienone is 2. The number of hydrogen-bond acceptors (Lipinski definition) is 6. The van der Waals surface area contributed by atoms with E-state index in [2.05, 4.69) is 10.3 Å². The van der Waals surface area contributed by atoms with Crippen molar-refractivity contribution in [1.82, 2.24) is 4.98 Å². The van der Waals surface area contributed by atoms with E-state index in [-0.39, 0.29) is 11.3 Å². The second-order valence-corrected chi connectivity index (χ2v) is 4.97. The summed E-state index contributed by atoms with van der Waals surface area (Å²) in [6.45, 7) is 2.04. The Morgan fingerprint density at radius 1 is 1.25 bits per heavy atom. The number of benzene rings is 1. The summed E-state index contributed by atoms with van der Waals surface area (Å²) in [6, 6.07) is 10.7. The molecule has 0 saturated carbocycles. The number of nitrogens with one attached hydrogen (secondary N) is 1. The Kier molecular flexibility index (Phi) is 3.96. The molecule has 0 saturated heterocycles. The minimum absolute atomic E-state index is 0.0467. The highest BCUT2D eigenvalue weighted by molar-refractivity contribution is 7.18. The van der Waals surface area contributed by atoms with Crippen molar-refractivity contribution in [2.24, 2.45) is 0 Å². The second-order valence-electron chi connectivity index (χ2n) is 3.85. The molecule has 0 unspecified atom stereocenters. The van der Waals surface area contributed by atoms with Crippen molar-refractivity contribution in [2.45, 2.75) is 13.3 Å². The molecule has 1 aromatic carbocycles. The molecule has 0 bridgehead atoms. The first-order valence-electron chi connectivity index (χ1n) is 5.82. The van der Waals surface area contributed by atoms with Crippen LogP contribution in [0.5, 0.6) is 0 Å². The molecule has 0 aliphatic carbocycles. The van der Waals surface area contributed by atoms with Crippen LogP contribution in [0.4, 0.5) is 5.69 Å². The van der Waals surface area contributed by atoms with E-state index in [9.17, 15) is 0 Å². The lowest BCUT2D eigenvalue weighted by molar-refractivity contribution is 1.11. The number of aromatic nitrogens is 1. The topological polar surface area (TPSA) is 96.3 Å². The van der Waals surface area contributed by atoms with Crippen LogP contribution in [0.25, 0.3) is 10.2 Å². The molecule has 0 atom stereocenters. The van der Waals surface area contributed by atoms with E-state index in [0.717, 1.165) is 21.6 Å². The zero-order chi connectivity index (χ0) is 14.5. The highest BCUT2D eigenvalue weighted by Gasteiger charge is 2.08. The first-order chi connectivity index (χ1) is 9.71. The van der Waals surface area contributed by atoms with Crippen LogP contribution in [0.15, 0.2) is 29.5 Å². The van der Waals surface area contributed by atoms with Gasteiger partial charge >= 0.3 is 0 Å². The summed E-state index contributed by atoms with van der Waals surface area (Å²) >= 11 is 1.59. The second kappa shape index (κ2) is 5.84. The zero-order valence-electron chi connectivity index (χ0n) is 10.6. The molecule has 0 radical (unpaired) electrons. The van der Waals surface area contributed by atoms with Crippen LogP contribution in [-0.4, -0.2) is 4.98 Å². The summed E-state index contributed by atoms with van der Waals surface area (Å²) in [5, 5.41) is 30.4. The summed E-state index contributed by atoms with van der Waals surface area (Å²) in [6.07, 6.45) is 0.873. The molecule has 2 aromatic rings. The highest BCUT2D eigenvalue weighted by atomic mass is 32.1. The Morgan fingerprint density at radius 2 is 2.00 bits per heavy atom. The Bertz CT molecular complexity index is 795. The largest absolute Gasteiger partial charge is 0.345 e. The maximum atomic E-state index is 8.99. The number of thiazole rings is 1. The minimum atomic E-state index is -0.230. The highest BCUT2D eigenvalue weighted by Crippen LogP contribution is 2.26. The molecule has 0 amide bonds. The molecule has 1 aromatic heterocycles. The van der Waals surface area contributed by atoms with Gasteiger partial charge in [-0.3, -0.25) is 0 Å². The van der Waals surface area contributed by atoms with E-state index in [0.29, 0.717) is 5.69 Å². The third-order valence-electron chi connectivity index (χ3n) is 2.59. The molecule has 0 fully saturated rings. The van der Waals surface area contributed by atoms with E-state index in [1.807, 2.05) is 25.1 Å². The third-order valence-corrected chi connectivity index (χ3v) is 3.75. The predicted octanol–water partition coefficient (Wildman–Crippen LogP) is 3.10. The Labute approximate surface area is 120 Å². The van der Waals surface area contributed by atoms with Crippen molar-refractivity contribution in [3.63, 3.8) is 0 Å². The van der Waals surface area contributed by atoms with Gasteiger partial charge in [0.25, 0.3) is 0 Å². The number of rotatable bonds is 3. The van der Waals surface area contributed by atoms with Crippen molar-refractivity contribution >= 4 is 27.2 Å². The van der Waals surface area contributed by atoms with Gasteiger partial charge in [-0.15, -0.1) is 11.3 Å². The molecule has 6 heteroatoms. The molecule has 1 heterocycles. The molecular weight excluding hydrogens is 270 g/mol. The van der Waals surface area contributed by atoms with Gasteiger partial charge in [0, 0.05) is 5.69 Å². The van der Waals surface area contributed by atoms with Crippen molar-refractivity contribution in [2.75, 3.05) is 5.32 Å². The summed E-state index contributed by atoms with van der Waals surface area (Å²) in [4.78, 5) is 4.45. The molecule has 2 rings (SSSR count). The Morgan fingerprint density at radius 3 is 2.60 bits per heavy atom. The van der Waals surface area contributed by atoms with Crippen LogP contribution < -0.4 is 5.32 Å². The van der Waals surface area contributed by atoms with Crippen molar-refractivity contribution in [3.05, 3.63) is 34.5 Å². The summed E-state index contributed by atoms with van der Waals surface area (Å²) in [7, 11) is 0. The monoisotopic (exact) mass is 279 g/mol. The average Bonchev–Trinajstić information content (AvgIpc) is 2.89. The third kappa shape index (κ3) is 2.59. The molecule has 20 heavy (non-hydrogen) atoms. The molecule has 96 valence electrons. The fourth-order valence-corrected chi connectivity index (χ4v) is 2.58. The number of aryl methyl sites for hydroxylation is 1. The number of anilines is 1. The van der Waals surface area contributed by atoms with Gasteiger partial charge in [-0.25, -0.2) is 4.98 Å². The van der Waals surface area contributed by atoms with Gasteiger partial charge in [0.05, 0.1) is 15.2 Å². The summed E-state index contributed by atoms with van der Waals surface area (Å²) in [5.74, 6) is 0. The normalized spacial score (nSPS) is 9.30. The number of hydrogen-bond donors (Lipinski definition) is 1. The van der Waals surface area contributed by atoms with Crippen LogP contribution in [0.3, 0.4) is 0 Å². The van der Waals surface area contributed by atoms with Crippen LogP contribution in [-0.2, 0) is 6.42 Å². The fraction of sp³-hybridized carbons (Fsp3) is 0.143. The van der Waals surface area contributed by atoms with Crippen LogP contribution in [0.2, 0.25) is 0 Å². The van der Waals surface area contributed by atoms with Gasteiger partial charge in [-0.2, -0.15) is 15.8 Å². The quantitative estimate of drug-likeness (QED) is 0.871. The lowest BCUT2D eigenvalue weighted by Gasteiger charge is -2.03. The van der Waals surface area contributed by atoms with E-state index >= 15 is 0 Å². The average molecular weight is 279 g/mol. The Hall–Kier alpha value is -2.88. The van der Waals surface area contributed by atoms with E-state index in [1.165, 1.54) is 0 Å². The minimum Gasteiger partial charge on any atom is -0.345 e. The van der Waals surface area contributed by atoms with Crippen LogP contribution in [0.1, 0.15) is 11.9 Å². The zero-order valence-corrected chi connectivity index (χ0v) is 11.5. The molecule has 0 spiro atoms. The molecular formula is C14H9N5S. The van der Waals surface area contributed by atoms with E-state index in [1.54, 1.807) is 29.5 Å². The number of nitriles is 3. The number of fused-ring (bicyclic) bond motifs is 1. The molecule has 5 nitrogen and oxygen atoms in total. The van der Waals surface area contributed by atoms with E-state index < -0.39 is 0 Å². The standard InChI is InChI=1S/C14H9N5S/c1-2-14-19-11-4-3-10(5-13(11)20-14)18-12(8-17)9(6-15)7-16/h3-5,18H,2H2,1H3.